The third kappa shape index (κ3) is 4.57. The first kappa shape index (κ1) is 21.3. The topological polar surface area (TPSA) is 64.0 Å². The van der Waals surface area contributed by atoms with Gasteiger partial charge in [-0.2, -0.15) is 0 Å². The summed E-state index contributed by atoms with van der Waals surface area (Å²) in [6.45, 7) is 6.45. The maximum Gasteiger partial charge on any atom is 0.272 e. The van der Waals surface area contributed by atoms with E-state index in [2.05, 4.69) is 17.4 Å². The molecular weight excluding hydrogens is 426 g/mol. The first-order valence-electron chi connectivity index (χ1n) is 10.0. The summed E-state index contributed by atoms with van der Waals surface area (Å²) in [4.78, 5) is 30.4. The van der Waals surface area contributed by atoms with Gasteiger partial charge >= 0.3 is 0 Å². The van der Waals surface area contributed by atoms with Crippen molar-refractivity contribution in [2.24, 2.45) is 0 Å². The zero-order valence-electron chi connectivity index (χ0n) is 17.6. The number of rotatable bonds is 6. The molecule has 5 nitrogen and oxygen atoms in total. The molecule has 0 bridgehead atoms. The molecule has 0 spiro atoms. The molecule has 4 aromatic rings. The van der Waals surface area contributed by atoms with Crippen LogP contribution in [0.4, 0.5) is 5.69 Å². The van der Waals surface area contributed by atoms with E-state index in [1.165, 1.54) is 28.7 Å². The lowest BCUT2D eigenvalue weighted by Gasteiger charge is -2.11. The van der Waals surface area contributed by atoms with Crippen LogP contribution in [0.2, 0.25) is 0 Å². The van der Waals surface area contributed by atoms with Gasteiger partial charge in [0.2, 0.25) is 5.91 Å². The molecule has 0 aliphatic heterocycles. The molecule has 0 aliphatic rings. The molecule has 1 amide bonds. The number of nitrogens with one attached hydrogen (secondary N) is 1. The predicted octanol–water partition coefficient (Wildman–Crippen LogP) is 5.49. The van der Waals surface area contributed by atoms with Crippen LogP contribution in [-0.4, -0.2) is 21.2 Å². The Morgan fingerprint density at radius 3 is 2.61 bits per heavy atom. The van der Waals surface area contributed by atoms with E-state index in [1.54, 1.807) is 4.57 Å². The van der Waals surface area contributed by atoms with Crippen molar-refractivity contribution in [1.29, 1.82) is 0 Å². The second kappa shape index (κ2) is 9.08. The fourth-order valence-electron chi connectivity index (χ4n) is 3.36. The largest absolute Gasteiger partial charge is 0.325 e. The normalized spacial score (nSPS) is 11.1. The molecule has 7 heteroatoms. The molecule has 2 heterocycles. The highest BCUT2D eigenvalue weighted by molar-refractivity contribution is 7.99. The Morgan fingerprint density at radius 2 is 1.90 bits per heavy atom. The number of aryl methyl sites for hydroxylation is 2. The van der Waals surface area contributed by atoms with Gasteiger partial charge in [0.15, 0.2) is 5.16 Å². The number of hydrogen-bond acceptors (Lipinski definition) is 5. The number of amides is 1. The van der Waals surface area contributed by atoms with Crippen LogP contribution in [0.1, 0.15) is 18.1 Å². The first-order valence-corrected chi connectivity index (χ1v) is 11.9. The molecular formula is C24H23N3O2S2. The van der Waals surface area contributed by atoms with Crippen molar-refractivity contribution >= 4 is 44.9 Å². The van der Waals surface area contributed by atoms with Gasteiger partial charge in [-0.25, -0.2) is 4.98 Å². The van der Waals surface area contributed by atoms with Crippen molar-refractivity contribution in [3.63, 3.8) is 0 Å². The number of thioether (sulfide) groups is 1. The van der Waals surface area contributed by atoms with E-state index in [4.69, 9.17) is 4.98 Å². The minimum absolute atomic E-state index is 0.0579. The van der Waals surface area contributed by atoms with Crippen LogP contribution >= 0.6 is 23.1 Å². The molecule has 0 saturated carbocycles. The van der Waals surface area contributed by atoms with Crippen LogP contribution in [-0.2, 0) is 11.3 Å². The molecule has 0 aliphatic carbocycles. The number of anilines is 1. The van der Waals surface area contributed by atoms with Crippen LogP contribution in [0, 0.1) is 13.8 Å². The van der Waals surface area contributed by atoms with Crippen molar-refractivity contribution in [1.82, 2.24) is 9.55 Å². The lowest BCUT2D eigenvalue weighted by atomic mass is 10.1. The van der Waals surface area contributed by atoms with Gasteiger partial charge in [-0.1, -0.05) is 53.7 Å². The van der Waals surface area contributed by atoms with Gasteiger partial charge in [-0.15, -0.1) is 11.3 Å². The van der Waals surface area contributed by atoms with Gasteiger partial charge < -0.3 is 5.32 Å². The zero-order valence-corrected chi connectivity index (χ0v) is 19.3. The van der Waals surface area contributed by atoms with E-state index in [0.717, 1.165) is 22.4 Å². The molecule has 0 fully saturated rings. The Hall–Kier alpha value is -2.90. The summed E-state index contributed by atoms with van der Waals surface area (Å²) in [5.74, 6) is 0.0484. The van der Waals surface area contributed by atoms with E-state index >= 15 is 0 Å². The lowest BCUT2D eigenvalue weighted by Crippen LogP contribution is -2.22. The van der Waals surface area contributed by atoms with Crippen LogP contribution in [0.3, 0.4) is 0 Å². The molecule has 0 atom stereocenters. The molecule has 4 rings (SSSR count). The summed E-state index contributed by atoms with van der Waals surface area (Å²) >= 11 is 2.71. The highest BCUT2D eigenvalue weighted by Crippen LogP contribution is 2.32. The number of thiophene rings is 1. The van der Waals surface area contributed by atoms with Crippen molar-refractivity contribution in [2.45, 2.75) is 32.5 Å². The number of nitrogens with zero attached hydrogens (tertiary/aromatic N) is 2. The quantitative estimate of drug-likeness (QED) is 0.312. The third-order valence-electron chi connectivity index (χ3n) is 4.96. The van der Waals surface area contributed by atoms with Gasteiger partial charge in [-0.3, -0.25) is 14.2 Å². The molecule has 1 N–H and O–H groups in total. The SMILES string of the molecule is CCn1c(SCC(=O)Nc2cccc(C)c2)nc2c(-c3ccc(C)cc3)csc2c1=O. The van der Waals surface area contributed by atoms with E-state index in [1.807, 2.05) is 62.5 Å². The molecule has 2 aromatic carbocycles. The molecule has 0 radical (unpaired) electrons. The van der Waals surface area contributed by atoms with Gasteiger partial charge in [0, 0.05) is 23.2 Å². The molecule has 2 aromatic heterocycles. The Kier molecular flexibility index (Phi) is 6.25. The maximum atomic E-state index is 13.1. The number of benzene rings is 2. The second-order valence-electron chi connectivity index (χ2n) is 7.34. The van der Waals surface area contributed by atoms with Crippen LogP contribution < -0.4 is 10.9 Å². The summed E-state index contributed by atoms with van der Waals surface area (Å²) in [5.41, 5.74) is 5.65. The third-order valence-corrected chi connectivity index (χ3v) is 6.89. The van der Waals surface area contributed by atoms with Gasteiger partial charge in [0.25, 0.3) is 5.56 Å². The Bertz CT molecular complexity index is 1310. The van der Waals surface area contributed by atoms with Crippen LogP contribution in [0.5, 0.6) is 0 Å². The summed E-state index contributed by atoms with van der Waals surface area (Å²) in [5, 5.41) is 5.46. The van der Waals surface area contributed by atoms with Crippen molar-refractivity contribution < 1.29 is 4.79 Å². The summed E-state index contributed by atoms with van der Waals surface area (Å²) in [6.07, 6.45) is 0. The average Bonchev–Trinajstić information content (AvgIpc) is 3.17. The summed E-state index contributed by atoms with van der Waals surface area (Å²) in [6, 6.07) is 15.9. The smallest absolute Gasteiger partial charge is 0.272 e. The molecule has 158 valence electrons. The fourth-order valence-corrected chi connectivity index (χ4v) is 5.17. The highest BCUT2D eigenvalue weighted by Gasteiger charge is 2.17. The molecule has 0 unspecified atom stereocenters. The first-order chi connectivity index (χ1) is 15.0. The van der Waals surface area contributed by atoms with Crippen molar-refractivity contribution in [2.75, 3.05) is 11.1 Å². The summed E-state index contributed by atoms with van der Waals surface area (Å²) in [7, 11) is 0. The fraction of sp³-hybridized carbons (Fsp3) is 0.208. The second-order valence-corrected chi connectivity index (χ2v) is 9.17. The molecule has 31 heavy (non-hydrogen) atoms. The average molecular weight is 450 g/mol. The maximum absolute atomic E-state index is 13.1. The molecule has 0 saturated heterocycles. The van der Waals surface area contributed by atoms with Gasteiger partial charge in [0.1, 0.15) is 4.70 Å². The Labute approximate surface area is 189 Å². The van der Waals surface area contributed by atoms with E-state index < -0.39 is 0 Å². The van der Waals surface area contributed by atoms with Crippen LogP contribution in [0.15, 0.2) is 63.9 Å². The van der Waals surface area contributed by atoms with Crippen molar-refractivity contribution in [3.05, 3.63) is 75.4 Å². The minimum atomic E-state index is -0.128. The van der Waals surface area contributed by atoms with Crippen LogP contribution in [0.25, 0.3) is 21.3 Å². The van der Waals surface area contributed by atoms with Gasteiger partial charge in [0.05, 0.1) is 11.3 Å². The van der Waals surface area contributed by atoms with E-state index in [9.17, 15) is 9.59 Å². The number of aromatic nitrogens is 2. The van der Waals surface area contributed by atoms with E-state index in [0.29, 0.717) is 21.9 Å². The minimum Gasteiger partial charge on any atom is -0.325 e. The zero-order chi connectivity index (χ0) is 22.0. The Morgan fingerprint density at radius 1 is 1.13 bits per heavy atom. The number of carbonyl (C=O) groups is 1. The Balaban J connectivity index is 1.63. The number of carbonyl (C=O) groups excluding carboxylic acids is 1. The lowest BCUT2D eigenvalue weighted by molar-refractivity contribution is -0.113. The highest BCUT2D eigenvalue weighted by atomic mass is 32.2. The predicted molar refractivity (Wildman–Crippen MR) is 130 cm³/mol. The van der Waals surface area contributed by atoms with E-state index in [-0.39, 0.29) is 17.2 Å². The number of fused-ring (bicyclic) bond motifs is 1. The monoisotopic (exact) mass is 449 g/mol. The van der Waals surface area contributed by atoms with Gasteiger partial charge in [-0.05, 0) is 44.0 Å². The summed E-state index contributed by atoms with van der Waals surface area (Å²) < 4.78 is 2.29. The standard InChI is InChI=1S/C24H23N3O2S2/c1-4-27-23(29)22-21(19(13-30-22)17-10-8-15(2)9-11-17)26-24(27)31-14-20(28)25-18-7-5-6-16(3)12-18/h5-13H,4,14H2,1-3H3,(H,25,28). The van der Waals surface area contributed by atoms with Crippen molar-refractivity contribution in [3.8, 4) is 11.1 Å². The number of hydrogen-bond donors (Lipinski definition) is 1.